The van der Waals surface area contributed by atoms with Gasteiger partial charge in [-0.05, 0) is 19.4 Å². The molecule has 0 fully saturated rings. The molecule has 5 heteroatoms. The molecule has 14 heavy (non-hydrogen) atoms. The predicted octanol–water partition coefficient (Wildman–Crippen LogP) is -0.00866. The van der Waals surface area contributed by atoms with Crippen LogP contribution in [0.25, 0.3) is 0 Å². The van der Waals surface area contributed by atoms with Gasteiger partial charge in [0.15, 0.2) is 0 Å². The zero-order chi connectivity index (χ0) is 10.9. The van der Waals surface area contributed by atoms with Crippen LogP contribution in [0.1, 0.15) is 17.0 Å². The number of carboxylic acid groups (broad SMARTS) is 1. The van der Waals surface area contributed by atoms with Crippen LogP contribution in [-0.2, 0) is 18.3 Å². The lowest BCUT2D eigenvalue weighted by atomic mass is 10.1. The van der Waals surface area contributed by atoms with Gasteiger partial charge in [0.25, 0.3) is 0 Å². The van der Waals surface area contributed by atoms with E-state index in [-0.39, 0.29) is 0 Å². The summed E-state index contributed by atoms with van der Waals surface area (Å²) in [6.45, 7) is 3.82. The van der Waals surface area contributed by atoms with Gasteiger partial charge < -0.3 is 10.8 Å². The zero-order valence-corrected chi connectivity index (χ0v) is 8.61. The molecule has 5 nitrogen and oxygen atoms in total. The van der Waals surface area contributed by atoms with E-state index in [0.717, 1.165) is 17.0 Å². The maximum Gasteiger partial charge on any atom is 0.320 e. The Kier molecular flexibility index (Phi) is 2.90. The van der Waals surface area contributed by atoms with Crippen molar-refractivity contribution in [2.75, 3.05) is 0 Å². The second-order valence-corrected chi connectivity index (χ2v) is 3.43. The number of aromatic nitrogens is 2. The first-order chi connectivity index (χ1) is 6.43. The molecule has 3 N–H and O–H groups in total. The topological polar surface area (TPSA) is 81.1 Å². The largest absolute Gasteiger partial charge is 0.480 e. The molecule has 0 spiro atoms. The van der Waals surface area contributed by atoms with E-state index in [9.17, 15) is 4.79 Å². The molecule has 0 aliphatic carbocycles. The number of aliphatic carboxylic acids is 1. The van der Waals surface area contributed by atoms with Crippen LogP contribution in [0.3, 0.4) is 0 Å². The molecular formula is C9H15N3O2. The van der Waals surface area contributed by atoms with Gasteiger partial charge in [0.05, 0.1) is 5.69 Å². The number of rotatable bonds is 3. The summed E-state index contributed by atoms with van der Waals surface area (Å²) in [5, 5.41) is 12.9. The Bertz CT molecular complexity index is 357. The summed E-state index contributed by atoms with van der Waals surface area (Å²) in [5.41, 5.74) is 8.28. The minimum atomic E-state index is -0.983. The van der Waals surface area contributed by atoms with Crippen molar-refractivity contribution in [2.24, 2.45) is 12.8 Å². The average molecular weight is 197 g/mol. The fourth-order valence-electron chi connectivity index (χ4n) is 1.39. The van der Waals surface area contributed by atoms with Crippen LogP contribution in [0, 0.1) is 13.8 Å². The molecule has 0 bridgehead atoms. The van der Waals surface area contributed by atoms with Gasteiger partial charge in [-0.2, -0.15) is 5.10 Å². The highest BCUT2D eigenvalue weighted by molar-refractivity contribution is 5.73. The third-order valence-electron chi connectivity index (χ3n) is 2.40. The maximum absolute atomic E-state index is 10.6. The molecule has 1 aromatic rings. The molecule has 1 atom stereocenters. The average Bonchev–Trinajstić information content (AvgIpc) is 2.32. The summed E-state index contributed by atoms with van der Waals surface area (Å²) in [7, 11) is 1.80. The van der Waals surface area contributed by atoms with E-state index >= 15 is 0 Å². The van der Waals surface area contributed by atoms with Crippen molar-refractivity contribution in [1.82, 2.24) is 9.78 Å². The highest BCUT2D eigenvalue weighted by atomic mass is 16.4. The Morgan fingerprint density at radius 3 is 2.57 bits per heavy atom. The molecule has 0 saturated carbocycles. The summed E-state index contributed by atoms with van der Waals surface area (Å²) < 4.78 is 1.69. The Balaban J connectivity index is 2.91. The molecule has 0 saturated heterocycles. The van der Waals surface area contributed by atoms with Gasteiger partial charge in [-0.25, -0.2) is 0 Å². The molecule has 1 rings (SSSR count). The standard InChI is InChI=1S/C9H15N3O2/c1-5-6(2)11-12(3)8(5)4-7(10)9(13)14/h7H,4,10H2,1-3H3,(H,13,14). The number of hydrogen-bond donors (Lipinski definition) is 2. The second-order valence-electron chi connectivity index (χ2n) is 3.43. The molecule has 0 aliphatic heterocycles. The van der Waals surface area contributed by atoms with Crippen LogP contribution in [0.2, 0.25) is 0 Å². The van der Waals surface area contributed by atoms with Crippen molar-refractivity contribution in [1.29, 1.82) is 0 Å². The van der Waals surface area contributed by atoms with Crippen molar-refractivity contribution in [2.45, 2.75) is 26.3 Å². The van der Waals surface area contributed by atoms with Gasteiger partial charge in [-0.3, -0.25) is 9.48 Å². The summed E-state index contributed by atoms with van der Waals surface area (Å²) in [6.07, 6.45) is 0.318. The Morgan fingerprint density at radius 2 is 2.21 bits per heavy atom. The van der Waals surface area contributed by atoms with Crippen LogP contribution in [0.5, 0.6) is 0 Å². The monoisotopic (exact) mass is 197 g/mol. The molecule has 0 amide bonds. The van der Waals surface area contributed by atoms with E-state index in [1.807, 2.05) is 13.8 Å². The number of carboxylic acids is 1. The minimum Gasteiger partial charge on any atom is -0.480 e. The lowest BCUT2D eigenvalue weighted by molar-refractivity contribution is -0.138. The van der Waals surface area contributed by atoms with E-state index in [0.29, 0.717) is 6.42 Å². The van der Waals surface area contributed by atoms with E-state index in [2.05, 4.69) is 5.10 Å². The van der Waals surface area contributed by atoms with E-state index in [4.69, 9.17) is 10.8 Å². The highest BCUT2D eigenvalue weighted by Crippen LogP contribution is 2.12. The van der Waals surface area contributed by atoms with Crippen molar-refractivity contribution in [3.05, 3.63) is 17.0 Å². The Morgan fingerprint density at radius 1 is 1.64 bits per heavy atom. The summed E-state index contributed by atoms with van der Waals surface area (Å²) in [5.74, 6) is -0.983. The van der Waals surface area contributed by atoms with Gasteiger partial charge in [0, 0.05) is 19.2 Å². The molecule has 0 aromatic carbocycles. The number of nitrogens with two attached hydrogens (primary N) is 1. The summed E-state index contributed by atoms with van der Waals surface area (Å²) >= 11 is 0. The lowest BCUT2D eigenvalue weighted by Gasteiger charge is -2.07. The minimum absolute atomic E-state index is 0.318. The van der Waals surface area contributed by atoms with Crippen molar-refractivity contribution >= 4 is 5.97 Å². The van der Waals surface area contributed by atoms with Gasteiger partial charge in [0.1, 0.15) is 6.04 Å². The fourth-order valence-corrected chi connectivity index (χ4v) is 1.39. The molecule has 0 radical (unpaired) electrons. The third-order valence-corrected chi connectivity index (χ3v) is 2.40. The number of aryl methyl sites for hydroxylation is 2. The molecule has 78 valence electrons. The van der Waals surface area contributed by atoms with E-state index in [1.165, 1.54) is 0 Å². The second kappa shape index (κ2) is 3.79. The van der Waals surface area contributed by atoms with Crippen molar-refractivity contribution in [3.63, 3.8) is 0 Å². The third kappa shape index (κ3) is 1.93. The molecular weight excluding hydrogens is 182 g/mol. The van der Waals surface area contributed by atoms with Crippen molar-refractivity contribution < 1.29 is 9.90 Å². The molecule has 0 aliphatic rings. The normalized spacial score (nSPS) is 12.9. The van der Waals surface area contributed by atoms with Gasteiger partial charge in [-0.15, -0.1) is 0 Å². The first-order valence-electron chi connectivity index (χ1n) is 4.41. The molecule has 1 heterocycles. The molecule has 1 aromatic heterocycles. The van der Waals surface area contributed by atoms with Gasteiger partial charge in [-0.1, -0.05) is 0 Å². The van der Waals surface area contributed by atoms with Crippen molar-refractivity contribution in [3.8, 4) is 0 Å². The number of hydrogen-bond acceptors (Lipinski definition) is 3. The van der Waals surface area contributed by atoms with Gasteiger partial charge in [0.2, 0.25) is 0 Å². The van der Waals surface area contributed by atoms with Crippen LogP contribution < -0.4 is 5.73 Å². The molecule has 1 unspecified atom stereocenters. The zero-order valence-electron chi connectivity index (χ0n) is 8.61. The Labute approximate surface area is 82.5 Å². The Hall–Kier alpha value is -1.36. The van der Waals surface area contributed by atoms with Gasteiger partial charge >= 0.3 is 5.97 Å². The lowest BCUT2D eigenvalue weighted by Crippen LogP contribution is -2.33. The van der Waals surface area contributed by atoms with Crippen LogP contribution in [0.4, 0.5) is 0 Å². The smallest absolute Gasteiger partial charge is 0.320 e. The van der Waals surface area contributed by atoms with Crippen LogP contribution in [-0.4, -0.2) is 26.9 Å². The quantitative estimate of drug-likeness (QED) is 0.714. The van der Waals surface area contributed by atoms with Crippen LogP contribution >= 0.6 is 0 Å². The number of carbonyl (C=O) groups is 1. The first-order valence-corrected chi connectivity index (χ1v) is 4.41. The van der Waals surface area contributed by atoms with E-state index in [1.54, 1.807) is 11.7 Å². The summed E-state index contributed by atoms with van der Waals surface area (Å²) in [4.78, 5) is 10.6. The SMILES string of the molecule is Cc1nn(C)c(CC(N)C(=O)O)c1C. The number of nitrogens with zero attached hydrogens (tertiary/aromatic N) is 2. The van der Waals surface area contributed by atoms with Crippen LogP contribution in [0.15, 0.2) is 0 Å². The maximum atomic E-state index is 10.6. The predicted molar refractivity (Wildman–Crippen MR) is 52.0 cm³/mol. The van der Waals surface area contributed by atoms with E-state index < -0.39 is 12.0 Å². The first kappa shape index (κ1) is 10.7. The summed E-state index contributed by atoms with van der Waals surface area (Å²) in [6, 6.07) is -0.858. The highest BCUT2D eigenvalue weighted by Gasteiger charge is 2.17. The fraction of sp³-hybridized carbons (Fsp3) is 0.556.